The van der Waals surface area contributed by atoms with Crippen LogP contribution in [0.5, 0.6) is 5.88 Å². The molecule has 0 unspecified atom stereocenters. The van der Waals surface area contributed by atoms with Crippen LogP contribution in [0.25, 0.3) is 21.9 Å². The molecular weight excluding hydrogens is 362 g/mol. The van der Waals surface area contributed by atoms with Gasteiger partial charge < -0.3 is 15.1 Å². The fraction of sp³-hybridized carbons (Fsp3) is 0.158. The second kappa shape index (κ2) is 6.88. The third kappa shape index (κ3) is 3.43. The Morgan fingerprint density at radius 2 is 2.04 bits per heavy atom. The van der Waals surface area contributed by atoms with Crippen molar-refractivity contribution >= 4 is 45.3 Å². The van der Waals surface area contributed by atoms with Crippen molar-refractivity contribution in [1.29, 1.82) is 0 Å². The highest BCUT2D eigenvalue weighted by molar-refractivity contribution is 7.99. The maximum atomic E-state index is 12.1. The van der Waals surface area contributed by atoms with E-state index in [4.69, 9.17) is 0 Å². The summed E-state index contributed by atoms with van der Waals surface area (Å²) in [6, 6.07) is 11.6. The molecule has 27 heavy (non-hydrogen) atoms. The van der Waals surface area contributed by atoms with E-state index in [-0.39, 0.29) is 17.3 Å². The molecule has 1 amide bonds. The summed E-state index contributed by atoms with van der Waals surface area (Å²) in [5.41, 5.74) is 4.87. The number of aromatic hydroxyl groups is 1. The van der Waals surface area contributed by atoms with Crippen LogP contribution in [0, 0.1) is 13.8 Å². The van der Waals surface area contributed by atoms with E-state index >= 15 is 0 Å². The molecule has 4 aromatic rings. The van der Waals surface area contributed by atoms with E-state index in [1.54, 1.807) is 0 Å². The maximum Gasteiger partial charge on any atom is 0.275 e. The molecular formula is C19H17N5O2S. The molecule has 136 valence electrons. The van der Waals surface area contributed by atoms with Crippen LogP contribution in [-0.2, 0) is 4.79 Å². The van der Waals surface area contributed by atoms with Gasteiger partial charge in [-0.2, -0.15) is 0 Å². The Morgan fingerprint density at radius 3 is 2.85 bits per heavy atom. The predicted molar refractivity (Wildman–Crippen MR) is 106 cm³/mol. The molecule has 2 heterocycles. The number of fused-ring (bicyclic) bond motifs is 2. The van der Waals surface area contributed by atoms with Gasteiger partial charge in [0.15, 0.2) is 10.8 Å². The van der Waals surface area contributed by atoms with Crippen molar-refractivity contribution in [1.82, 2.24) is 15.0 Å². The lowest BCUT2D eigenvalue weighted by Gasteiger charge is -1.98. The highest BCUT2D eigenvalue weighted by Crippen LogP contribution is 2.37. The molecule has 0 atom stereocenters. The zero-order valence-corrected chi connectivity index (χ0v) is 15.6. The van der Waals surface area contributed by atoms with Crippen molar-refractivity contribution in [3.05, 3.63) is 47.5 Å². The molecule has 3 N–H and O–H groups in total. The van der Waals surface area contributed by atoms with Crippen LogP contribution in [0.4, 0.5) is 5.69 Å². The van der Waals surface area contributed by atoms with Crippen molar-refractivity contribution in [2.75, 3.05) is 5.75 Å². The fourth-order valence-corrected chi connectivity index (χ4v) is 3.65. The molecule has 0 bridgehead atoms. The van der Waals surface area contributed by atoms with E-state index in [2.05, 4.69) is 25.2 Å². The molecule has 4 rings (SSSR count). The summed E-state index contributed by atoms with van der Waals surface area (Å²) in [5.74, 6) is -0.399. The van der Waals surface area contributed by atoms with E-state index < -0.39 is 5.91 Å². The smallest absolute Gasteiger partial charge is 0.275 e. The van der Waals surface area contributed by atoms with Crippen molar-refractivity contribution < 1.29 is 9.90 Å². The Morgan fingerprint density at radius 1 is 1.22 bits per heavy atom. The molecule has 0 spiro atoms. The van der Waals surface area contributed by atoms with E-state index in [9.17, 15) is 9.90 Å². The van der Waals surface area contributed by atoms with Crippen LogP contribution in [0.3, 0.4) is 0 Å². The first kappa shape index (κ1) is 17.3. The van der Waals surface area contributed by atoms with Gasteiger partial charge in [-0.25, -0.2) is 4.98 Å². The number of aromatic amines is 2. The van der Waals surface area contributed by atoms with Gasteiger partial charge in [-0.1, -0.05) is 35.5 Å². The predicted octanol–water partition coefficient (Wildman–Crippen LogP) is 4.77. The van der Waals surface area contributed by atoms with E-state index in [0.29, 0.717) is 5.16 Å². The van der Waals surface area contributed by atoms with Crippen LogP contribution in [-0.4, -0.2) is 31.7 Å². The third-order valence-corrected chi connectivity index (χ3v) is 5.02. The highest BCUT2D eigenvalue weighted by Gasteiger charge is 2.13. The summed E-state index contributed by atoms with van der Waals surface area (Å²) in [7, 11) is 0. The summed E-state index contributed by atoms with van der Waals surface area (Å²) >= 11 is 1.26. The molecule has 0 saturated heterocycles. The lowest BCUT2D eigenvalue weighted by molar-refractivity contribution is -0.115. The summed E-state index contributed by atoms with van der Waals surface area (Å²) < 4.78 is 0. The van der Waals surface area contributed by atoms with Crippen molar-refractivity contribution in [3.8, 4) is 5.88 Å². The number of nitrogens with one attached hydrogen (secondary N) is 2. The first-order chi connectivity index (χ1) is 13.0. The number of benzene rings is 2. The van der Waals surface area contributed by atoms with Gasteiger partial charge in [0.05, 0.1) is 22.3 Å². The van der Waals surface area contributed by atoms with Crippen LogP contribution in [0.2, 0.25) is 0 Å². The molecule has 0 fully saturated rings. The standard InChI is InChI=1S/C19H17N5O2S/c1-10-7-11(2)16-12(8-10)17(18(26)22-16)24-23-15(25)9-27-19-20-13-5-3-4-6-14(13)21-19/h3-8,22,26H,9H2,1-2H3,(H,20,21). The molecule has 0 aliphatic heterocycles. The normalized spacial score (nSPS) is 11.8. The number of aromatic nitrogens is 3. The molecule has 0 aliphatic carbocycles. The zero-order chi connectivity index (χ0) is 19.0. The van der Waals surface area contributed by atoms with Crippen LogP contribution >= 0.6 is 11.8 Å². The Bertz CT molecular complexity index is 1160. The number of thioether (sulfide) groups is 1. The molecule has 2 aromatic carbocycles. The summed E-state index contributed by atoms with van der Waals surface area (Å²) in [4.78, 5) is 22.5. The van der Waals surface area contributed by atoms with Gasteiger partial charge in [0.25, 0.3) is 5.91 Å². The number of amides is 1. The van der Waals surface area contributed by atoms with Gasteiger partial charge >= 0.3 is 0 Å². The average molecular weight is 379 g/mol. The molecule has 0 radical (unpaired) electrons. The summed E-state index contributed by atoms with van der Waals surface area (Å²) in [6.07, 6.45) is 0. The van der Waals surface area contributed by atoms with Crippen LogP contribution in [0.1, 0.15) is 11.1 Å². The first-order valence-corrected chi connectivity index (χ1v) is 9.34. The lowest BCUT2D eigenvalue weighted by Crippen LogP contribution is -1.95. The van der Waals surface area contributed by atoms with Crippen molar-refractivity contribution in [2.24, 2.45) is 10.2 Å². The number of hydrogen-bond acceptors (Lipinski definition) is 5. The number of carbonyl (C=O) groups is 1. The third-order valence-electron chi connectivity index (χ3n) is 4.16. The van der Waals surface area contributed by atoms with Gasteiger partial charge in [0.1, 0.15) is 0 Å². The second-order valence-electron chi connectivity index (χ2n) is 6.27. The maximum absolute atomic E-state index is 12.1. The van der Waals surface area contributed by atoms with Crippen molar-refractivity contribution in [2.45, 2.75) is 19.0 Å². The number of carbonyl (C=O) groups excluding carboxylic acids is 1. The van der Waals surface area contributed by atoms with Gasteiger partial charge in [0.2, 0.25) is 5.88 Å². The Kier molecular flexibility index (Phi) is 4.41. The Balaban J connectivity index is 1.50. The van der Waals surface area contributed by atoms with Gasteiger partial charge in [-0.05, 0) is 37.6 Å². The minimum Gasteiger partial charge on any atom is -0.493 e. The minimum absolute atomic E-state index is 0.0970. The minimum atomic E-state index is -0.404. The van der Waals surface area contributed by atoms with Crippen LogP contribution in [0.15, 0.2) is 51.8 Å². The second-order valence-corrected chi connectivity index (χ2v) is 7.23. The number of rotatable bonds is 4. The molecule has 0 saturated carbocycles. The Labute approximate surface area is 158 Å². The summed E-state index contributed by atoms with van der Waals surface area (Å²) in [5, 5.41) is 19.2. The van der Waals surface area contributed by atoms with Gasteiger partial charge in [-0.3, -0.25) is 4.79 Å². The topological polar surface area (TPSA) is 106 Å². The first-order valence-electron chi connectivity index (χ1n) is 8.35. The molecule has 7 nitrogen and oxygen atoms in total. The fourth-order valence-electron chi connectivity index (χ4n) is 2.99. The van der Waals surface area contributed by atoms with Crippen LogP contribution < -0.4 is 0 Å². The number of H-pyrrole nitrogens is 2. The van der Waals surface area contributed by atoms with Gasteiger partial charge in [0, 0.05) is 5.39 Å². The molecule has 8 heteroatoms. The SMILES string of the molecule is Cc1cc(C)c2[nH]c(O)c(N=NC(=O)CSc3nc4ccccc4[nH]3)c2c1. The van der Waals surface area contributed by atoms with E-state index in [1.807, 2.05) is 50.2 Å². The number of para-hydroxylation sites is 2. The Hall–Kier alpha value is -3.13. The molecule has 0 aliphatic rings. The quantitative estimate of drug-likeness (QED) is 0.351. The number of hydrogen-bond donors (Lipinski definition) is 3. The number of imidazole rings is 1. The monoisotopic (exact) mass is 379 g/mol. The number of aryl methyl sites for hydroxylation is 2. The average Bonchev–Trinajstić information content (AvgIpc) is 3.19. The van der Waals surface area contributed by atoms with E-state index in [0.717, 1.165) is 33.1 Å². The highest BCUT2D eigenvalue weighted by atomic mass is 32.2. The lowest BCUT2D eigenvalue weighted by atomic mass is 10.1. The van der Waals surface area contributed by atoms with Crippen molar-refractivity contribution in [3.63, 3.8) is 0 Å². The number of azo groups is 1. The van der Waals surface area contributed by atoms with E-state index in [1.165, 1.54) is 11.8 Å². The zero-order valence-electron chi connectivity index (χ0n) is 14.8. The van der Waals surface area contributed by atoms with Gasteiger partial charge in [-0.15, -0.1) is 10.2 Å². The largest absolute Gasteiger partial charge is 0.493 e. The number of nitrogens with zero attached hydrogens (tertiary/aromatic N) is 3. The molecule has 2 aromatic heterocycles. The summed E-state index contributed by atoms with van der Waals surface area (Å²) in [6.45, 7) is 3.91.